The highest BCUT2D eigenvalue weighted by atomic mass is 31.2. The molecule has 0 aromatic rings. The summed E-state index contributed by atoms with van der Waals surface area (Å²) in [6, 6.07) is 0. The first-order valence-electron chi connectivity index (χ1n) is 22.8. The first-order valence-corrected chi connectivity index (χ1v) is 24.3. The lowest BCUT2D eigenvalue weighted by atomic mass is 10.1. The lowest BCUT2D eigenvalue weighted by Crippen LogP contribution is -2.29. The van der Waals surface area contributed by atoms with Crippen LogP contribution in [0.5, 0.6) is 0 Å². The number of hydrogen-bond acceptors (Lipinski definition) is 7. The summed E-state index contributed by atoms with van der Waals surface area (Å²) in [4.78, 5) is 34.5. The number of carbonyl (C=O) groups excluding carboxylic acids is 2. The van der Waals surface area contributed by atoms with Crippen LogP contribution in [-0.2, 0) is 32.7 Å². The van der Waals surface area contributed by atoms with Crippen molar-refractivity contribution < 1.29 is 37.6 Å². The summed E-state index contributed by atoms with van der Waals surface area (Å²) >= 11 is 0. The zero-order valence-electron chi connectivity index (χ0n) is 36.3. The minimum Gasteiger partial charge on any atom is -0.462 e. The molecule has 9 heteroatoms. The molecule has 2 atom stereocenters. The molecule has 0 aliphatic carbocycles. The number of allylic oxidation sites excluding steroid dienone is 8. The van der Waals surface area contributed by atoms with Gasteiger partial charge in [0.15, 0.2) is 6.10 Å². The van der Waals surface area contributed by atoms with E-state index in [1.165, 1.54) is 109 Å². The Labute approximate surface area is 344 Å². The monoisotopic (exact) mass is 809 g/mol. The van der Waals surface area contributed by atoms with Crippen molar-refractivity contribution in [3.05, 3.63) is 48.6 Å². The fourth-order valence-corrected chi connectivity index (χ4v) is 6.71. The molecule has 0 radical (unpaired) electrons. The first-order chi connectivity index (χ1) is 27.3. The zero-order chi connectivity index (χ0) is 41.1. The number of hydrogen-bond donors (Lipinski definition) is 1. The molecule has 0 amide bonds. The van der Waals surface area contributed by atoms with E-state index in [4.69, 9.17) is 14.0 Å². The average molecular weight is 809 g/mol. The summed E-state index contributed by atoms with van der Waals surface area (Å²) in [5.41, 5.74) is 0. The van der Waals surface area contributed by atoms with Gasteiger partial charge in [-0.2, -0.15) is 0 Å². The second-order valence-electron chi connectivity index (χ2n) is 15.2. The van der Waals surface area contributed by atoms with Crippen LogP contribution in [0.25, 0.3) is 0 Å². The smallest absolute Gasteiger partial charge is 0.462 e. The molecule has 326 valence electrons. The van der Waals surface area contributed by atoms with Gasteiger partial charge in [-0.1, -0.05) is 172 Å². The largest absolute Gasteiger partial charge is 0.472 e. The number of rotatable bonds is 42. The molecular formula is C47H85O8P. The van der Waals surface area contributed by atoms with E-state index in [1.807, 2.05) is 0 Å². The number of esters is 2. The van der Waals surface area contributed by atoms with Crippen LogP contribution in [0.4, 0.5) is 0 Å². The fraction of sp³-hybridized carbons (Fsp3) is 0.787. The van der Waals surface area contributed by atoms with Crippen LogP contribution in [0, 0.1) is 0 Å². The number of phosphoric ester groups is 1. The third-order valence-electron chi connectivity index (χ3n) is 9.80. The lowest BCUT2D eigenvalue weighted by Gasteiger charge is -2.19. The second-order valence-corrected chi connectivity index (χ2v) is 16.7. The molecule has 0 aromatic carbocycles. The van der Waals surface area contributed by atoms with Crippen molar-refractivity contribution in [1.29, 1.82) is 0 Å². The van der Waals surface area contributed by atoms with Gasteiger partial charge < -0.3 is 14.4 Å². The summed E-state index contributed by atoms with van der Waals surface area (Å²) in [6.45, 7) is 3.86. The molecule has 2 unspecified atom stereocenters. The van der Waals surface area contributed by atoms with Gasteiger partial charge in [-0.3, -0.25) is 18.6 Å². The highest BCUT2D eigenvalue weighted by molar-refractivity contribution is 7.47. The Morgan fingerprint density at radius 2 is 0.857 bits per heavy atom. The van der Waals surface area contributed by atoms with Crippen molar-refractivity contribution in [2.75, 3.05) is 20.3 Å². The van der Waals surface area contributed by atoms with Crippen molar-refractivity contribution in [3.63, 3.8) is 0 Å². The van der Waals surface area contributed by atoms with E-state index in [9.17, 15) is 19.0 Å². The number of ether oxygens (including phenoxy) is 2. The van der Waals surface area contributed by atoms with Gasteiger partial charge in [0.25, 0.3) is 0 Å². The molecule has 0 aromatic heterocycles. The van der Waals surface area contributed by atoms with Crippen LogP contribution in [0.2, 0.25) is 0 Å². The Morgan fingerprint density at radius 1 is 0.500 bits per heavy atom. The van der Waals surface area contributed by atoms with Gasteiger partial charge in [-0.15, -0.1) is 0 Å². The maximum atomic E-state index is 12.5. The summed E-state index contributed by atoms with van der Waals surface area (Å²) in [5, 5.41) is 0. The molecule has 0 aliphatic rings. The van der Waals surface area contributed by atoms with Crippen LogP contribution >= 0.6 is 7.82 Å². The van der Waals surface area contributed by atoms with Gasteiger partial charge in [0, 0.05) is 20.0 Å². The van der Waals surface area contributed by atoms with E-state index in [0.29, 0.717) is 6.42 Å². The molecular weight excluding hydrogens is 723 g/mol. The van der Waals surface area contributed by atoms with Crippen LogP contribution in [0.1, 0.15) is 213 Å². The molecule has 56 heavy (non-hydrogen) atoms. The minimum atomic E-state index is -4.27. The molecule has 0 rings (SSSR count). The fourth-order valence-electron chi connectivity index (χ4n) is 6.25. The van der Waals surface area contributed by atoms with Crippen LogP contribution in [0.15, 0.2) is 48.6 Å². The second kappa shape index (κ2) is 42.6. The minimum absolute atomic E-state index is 0.229. The van der Waals surface area contributed by atoms with Crippen LogP contribution in [0.3, 0.4) is 0 Å². The summed E-state index contributed by atoms with van der Waals surface area (Å²) < 4.78 is 32.0. The van der Waals surface area contributed by atoms with Gasteiger partial charge in [0.1, 0.15) is 6.61 Å². The van der Waals surface area contributed by atoms with Crippen molar-refractivity contribution in [2.24, 2.45) is 0 Å². The Kier molecular flexibility index (Phi) is 41.1. The number of phosphoric acid groups is 1. The molecule has 0 heterocycles. The van der Waals surface area contributed by atoms with E-state index in [1.54, 1.807) is 0 Å². The standard InChI is InChI=1S/C47H85O8P/c1-4-6-8-10-12-14-16-18-20-22-24-26-28-30-32-34-36-38-40-42-47(49)55-45(44-54-56(50,51)52-3)43-53-46(48)41-39-37-35-33-31-29-27-25-23-21-19-17-15-13-11-9-7-5-2/h12,14,18,20-21,23-24,26,45H,4-11,13,15-17,19,22,25,27-44H2,1-3H3,(H,50,51)/b14-12-,20-18-,23-21-,26-24-. The SMILES string of the molecule is CCCCC/C=C\C/C=C\C/C=C\CCCCCCCCC(=O)OC(COC(=O)CCCCCCCCC/C=C\CCCCCCCCC)COP(=O)(O)OC. The van der Waals surface area contributed by atoms with E-state index in [2.05, 4.69) is 67.0 Å². The molecule has 0 fully saturated rings. The third-order valence-corrected chi connectivity index (χ3v) is 10.7. The molecule has 0 bridgehead atoms. The van der Waals surface area contributed by atoms with Gasteiger partial charge in [0.2, 0.25) is 0 Å². The van der Waals surface area contributed by atoms with E-state index in [0.717, 1.165) is 77.7 Å². The third kappa shape index (κ3) is 41.6. The van der Waals surface area contributed by atoms with E-state index in [-0.39, 0.29) is 25.4 Å². The van der Waals surface area contributed by atoms with Crippen molar-refractivity contribution in [2.45, 2.75) is 219 Å². The van der Waals surface area contributed by atoms with Crippen molar-refractivity contribution >= 4 is 19.8 Å². The summed E-state index contributed by atoms with van der Waals surface area (Å²) in [7, 11) is -3.21. The first kappa shape index (κ1) is 54.0. The van der Waals surface area contributed by atoms with Gasteiger partial charge >= 0.3 is 19.8 Å². The highest BCUT2D eigenvalue weighted by Gasteiger charge is 2.24. The average Bonchev–Trinajstić information content (AvgIpc) is 3.19. The van der Waals surface area contributed by atoms with Crippen LogP contribution in [-0.4, -0.2) is 43.3 Å². The van der Waals surface area contributed by atoms with Gasteiger partial charge in [0.05, 0.1) is 6.61 Å². The summed E-state index contributed by atoms with van der Waals surface area (Å²) in [5.74, 6) is -0.821. The Morgan fingerprint density at radius 3 is 1.32 bits per heavy atom. The molecule has 0 aliphatic heterocycles. The predicted molar refractivity (Wildman–Crippen MR) is 235 cm³/mol. The Balaban J connectivity index is 4.00. The Hall–Kier alpha value is -1.99. The molecule has 0 saturated heterocycles. The van der Waals surface area contributed by atoms with Crippen molar-refractivity contribution in [3.8, 4) is 0 Å². The number of carbonyl (C=O) groups is 2. The molecule has 1 N–H and O–H groups in total. The van der Waals surface area contributed by atoms with Crippen molar-refractivity contribution in [1.82, 2.24) is 0 Å². The van der Waals surface area contributed by atoms with Gasteiger partial charge in [-0.25, -0.2) is 4.57 Å². The topological polar surface area (TPSA) is 108 Å². The number of unbranched alkanes of at least 4 members (excludes halogenated alkanes) is 23. The highest BCUT2D eigenvalue weighted by Crippen LogP contribution is 2.42. The van der Waals surface area contributed by atoms with Crippen LogP contribution < -0.4 is 0 Å². The lowest BCUT2D eigenvalue weighted by molar-refractivity contribution is -0.161. The maximum Gasteiger partial charge on any atom is 0.472 e. The molecule has 0 saturated carbocycles. The maximum absolute atomic E-state index is 12.5. The molecule has 0 spiro atoms. The van der Waals surface area contributed by atoms with Gasteiger partial charge in [-0.05, 0) is 77.0 Å². The zero-order valence-corrected chi connectivity index (χ0v) is 37.2. The molecule has 8 nitrogen and oxygen atoms in total. The summed E-state index contributed by atoms with van der Waals surface area (Å²) in [6.07, 6.45) is 51.6. The van der Waals surface area contributed by atoms with E-state index >= 15 is 0 Å². The van der Waals surface area contributed by atoms with E-state index < -0.39 is 26.5 Å². The normalized spacial score (nSPS) is 13.7. The quantitative estimate of drug-likeness (QED) is 0.0281. The Bertz CT molecular complexity index is 1050. The predicted octanol–water partition coefficient (Wildman–Crippen LogP) is 14.6.